The van der Waals surface area contributed by atoms with Gasteiger partial charge in [0.05, 0.1) is 5.56 Å². The number of rotatable bonds is 12. The summed E-state index contributed by atoms with van der Waals surface area (Å²) in [7, 11) is 0. The first-order valence-electron chi connectivity index (χ1n) is 12.9. The van der Waals surface area contributed by atoms with E-state index in [1.165, 1.54) is 49.8 Å². The van der Waals surface area contributed by atoms with Crippen LogP contribution >= 0.6 is 11.6 Å². The van der Waals surface area contributed by atoms with Crippen LogP contribution in [0.1, 0.15) is 68.8 Å². The van der Waals surface area contributed by atoms with Crippen LogP contribution in [0.5, 0.6) is 11.5 Å². The normalized spacial score (nSPS) is 11.8. The van der Waals surface area contributed by atoms with Gasteiger partial charge >= 0.3 is 11.9 Å². The third-order valence-electron chi connectivity index (χ3n) is 6.11. The third kappa shape index (κ3) is 8.43. The number of ether oxygens (including phenoxy) is 2. The van der Waals surface area contributed by atoms with Gasteiger partial charge in [0.15, 0.2) is 11.6 Å². The maximum Gasteiger partial charge on any atom is 0.343 e. The van der Waals surface area contributed by atoms with Gasteiger partial charge in [0.1, 0.15) is 11.1 Å². The van der Waals surface area contributed by atoms with Gasteiger partial charge in [-0.2, -0.15) is 0 Å². The second-order valence-corrected chi connectivity index (χ2v) is 9.96. The number of carbonyl (C=O) groups is 2. The zero-order valence-corrected chi connectivity index (χ0v) is 22.4. The summed E-state index contributed by atoms with van der Waals surface area (Å²) in [6, 6.07) is 19.2. The number of aryl methyl sites for hydroxylation is 1. The maximum atomic E-state index is 14.4. The minimum atomic E-state index is -0.898. The predicted molar refractivity (Wildman–Crippen MR) is 146 cm³/mol. The van der Waals surface area contributed by atoms with Crippen molar-refractivity contribution in [2.45, 2.75) is 64.7 Å². The quantitative estimate of drug-likeness (QED) is 0.103. The van der Waals surface area contributed by atoms with Crippen molar-refractivity contribution in [3.63, 3.8) is 0 Å². The molecule has 0 bridgehead atoms. The topological polar surface area (TPSA) is 52.6 Å². The number of esters is 2. The van der Waals surface area contributed by atoms with Crippen LogP contribution in [0.4, 0.5) is 4.39 Å². The van der Waals surface area contributed by atoms with Gasteiger partial charge < -0.3 is 9.47 Å². The lowest BCUT2D eigenvalue weighted by Crippen LogP contribution is -2.25. The van der Waals surface area contributed by atoms with Crippen molar-refractivity contribution in [2.24, 2.45) is 5.92 Å². The molecular formula is C31H34ClFO4. The van der Waals surface area contributed by atoms with Gasteiger partial charge in [0.25, 0.3) is 0 Å². The van der Waals surface area contributed by atoms with Crippen molar-refractivity contribution in [1.82, 2.24) is 0 Å². The fourth-order valence-corrected chi connectivity index (χ4v) is 3.87. The van der Waals surface area contributed by atoms with Gasteiger partial charge in [-0.25, -0.2) is 9.18 Å². The lowest BCUT2D eigenvalue weighted by Gasteiger charge is -2.13. The van der Waals surface area contributed by atoms with E-state index in [1.807, 2.05) is 12.1 Å². The molecule has 4 nitrogen and oxygen atoms in total. The van der Waals surface area contributed by atoms with Crippen molar-refractivity contribution in [2.75, 3.05) is 0 Å². The smallest absolute Gasteiger partial charge is 0.343 e. The molecule has 0 spiro atoms. The van der Waals surface area contributed by atoms with E-state index < -0.39 is 23.1 Å². The number of benzene rings is 3. The number of hydrogen-bond donors (Lipinski definition) is 0. The number of halogens is 2. The Balaban J connectivity index is 1.56. The molecule has 3 aromatic carbocycles. The van der Waals surface area contributed by atoms with E-state index in [0.717, 1.165) is 23.6 Å². The summed E-state index contributed by atoms with van der Waals surface area (Å²) in [4.78, 5) is 24.5. The van der Waals surface area contributed by atoms with Crippen LogP contribution in [-0.2, 0) is 11.2 Å². The molecule has 0 saturated carbocycles. The van der Waals surface area contributed by atoms with E-state index in [9.17, 15) is 14.0 Å². The number of carbonyl (C=O) groups excluding carboxylic acids is 2. The molecule has 1 atom stereocenters. The first-order chi connectivity index (χ1) is 17.8. The van der Waals surface area contributed by atoms with Gasteiger partial charge in [-0.1, -0.05) is 82.9 Å². The Hall–Kier alpha value is -3.18. The molecule has 3 aromatic rings. The van der Waals surface area contributed by atoms with Crippen LogP contribution in [0.25, 0.3) is 11.1 Å². The molecule has 0 aliphatic rings. The third-order valence-corrected chi connectivity index (χ3v) is 6.79. The highest BCUT2D eigenvalue weighted by Gasteiger charge is 2.23. The van der Waals surface area contributed by atoms with E-state index in [-0.39, 0.29) is 17.2 Å². The van der Waals surface area contributed by atoms with Gasteiger partial charge in [-0.15, -0.1) is 11.6 Å². The summed E-state index contributed by atoms with van der Waals surface area (Å²) >= 11 is 5.96. The van der Waals surface area contributed by atoms with Crippen molar-refractivity contribution in [3.8, 4) is 22.6 Å². The second-order valence-electron chi connectivity index (χ2n) is 9.49. The first-order valence-corrected chi connectivity index (χ1v) is 13.3. The van der Waals surface area contributed by atoms with Gasteiger partial charge in [0.2, 0.25) is 0 Å². The summed E-state index contributed by atoms with van der Waals surface area (Å²) in [5.74, 6) is -2.43. The molecule has 0 aliphatic heterocycles. The molecule has 1 unspecified atom stereocenters. The molecular weight excluding hydrogens is 491 g/mol. The second kappa shape index (κ2) is 13.9. The van der Waals surface area contributed by atoms with E-state index in [4.69, 9.17) is 21.1 Å². The Morgan fingerprint density at radius 2 is 1.46 bits per heavy atom. The van der Waals surface area contributed by atoms with Crippen molar-refractivity contribution in [1.29, 1.82) is 0 Å². The van der Waals surface area contributed by atoms with E-state index in [0.29, 0.717) is 5.75 Å². The molecule has 3 rings (SSSR count). The van der Waals surface area contributed by atoms with Crippen LogP contribution in [0.3, 0.4) is 0 Å². The summed E-state index contributed by atoms with van der Waals surface area (Å²) in [5.41, 5.74) is 3.42. The lowest BCUT2D eigenvalue weighted by molar-refractivity contribution is -0.134. The summed E-state index contributed by atoms with van der Waals surface area (Å²) < 4.78 is 24.8. The van der Waals surface area contributed by atoms with E-state index in [1.54, 1.807) is 26.0 Å². The average molecular weight is 525 g/mol. The highest BCUT2D eigenvalue weighted by atomic mass is 35.5. The maximum absolute atomic E-state index is 14.4. The Labute approximate surface area is 223 Å². The van der Waals surface area contributed by atoms with Gasteiger partial charge in [-0.3, -0.25) is 4.79 Å². The minimum Gasteiger partial charge on any atom is -0.423 e. The predicted octanol–water partition coefficient (Wildman–Crippen LogP) is 8.39. The standard InChI is InChI=1S/C31H34ClFO4/c1-4-5-6-7-8-9-22-10-12-23(13-11-22)24-14-17-26(18-15-24)36-30(34)25-16-19-28(27(33)20-25)37-31(35)29(32)21(2)3/h10-21,29H,4-9H2,1-3H3. The van der Waals surface area contributed by atoms with Crippen molar-refractivity contribution in [3.05, 3.63) is 83.7 Å². The van der Waals surface area contributed by atoms with Crippen molar-refractivity contribution < 1.29 is 23.5 Å². The Bertz CT molecular complexity index is 1170. The molecule has 196 valence electrons. The fraction of sp³-hybridized carbons (Fsp3) is 0.355. The van der Waals surface area contributed by atoms with Crippen LogP contribution in [-0.4, -0.2) is 17.3 Å². The van der Waals surface area contributed by atoms with Crippen molar-refractivity contribution >= 4 is 23.5 Å². The molecule has 0 aromatic heterocycles. The van der Waals surface area contributed by atoms with E-state index in [2.05, 4.69) is 31.2 Å². The number of hydrogen-bond acceptors (Lipinski definition) is 4. The molecule has 0 N–H and O–H groups in total. The molecule has 0 saturated heterocycles. The SMILES string of the molecule is CCCCCCCc1ccc(-c2ccc(OC(=O)c3ccc(OC(=O)C(Cl)C(C)C)c(F)c3)cc2)cc1. The molecule has 0 heterocycles. The number of alkyl halides is 1. The molecule has 37 heavy (non-hydrogen) atoms. The highest BCUT2D eigenvalue weighted by Crippen LogP contribution is 2.25. The molecule has 0 aliphatic carbocycles. The minimum absolute atomic E-state index is 0.00191. The Morgan fingerprint density at radius 3 is 2.05 bits per heavy atom. The van der Waals surface area contributed by atoms with E-state index >= 15 is 0 Å². The fourth-order valence-electron chi connectivity index (χ4n) is 3.83. The summed E-state index contributed by atoms with van der Waals surface area (Å²) in [6.07, 6.45) is 7.43. The average Bonchev–Trinajstić information content (AvgIpc) is 2.90. The molecule has 0 amide bonds. The molecule has 0 fully saturated rings. The highest BCUT2D eigenvalue weighted by molar-refractivity contribution is 6.30. The lowest BCUT2D eigenvalue weighted by atomic mass is 10.0. The zero-order chi connectivity index (χ0) is 26.8. The molecule has 0 radical (unpaired) electrons. The summed E-state index contributed by atoms with van der Waals surface area (Å²) in [5, 5.41) is -0.898. The van der Waals surface area contributed by atoms with Crippen LogP contribution in [0, 0.1) is 11.7 Å². The first kappa shape index (κ1) is 28.4. The van der Waals surface area contributed by atoms with Gasteiger partial charge in [-0.05, 0) is 65.8 Å². The van der Waals surface area contributed by atoms with Crippen LogP contribution in [0.15, 0.2) is 66.7 Å². The molecule has 6 heteroatoms. The van der Waals surface area contributed by atoms with Crippen LogP contribution in [0.2, 0.25) is 0 Å². The zero-order valence-electron chi connectivity index (χ0n) is 21.6. The van der Waals surface area contributed by atoms with Crippen LogP contribution < -0.4 is 9.47 Å². The number of unbranched alkanes of at least 4 members (excludes halogenated alkanes) is 4. The Morgan fingerprint density at radius 1 is 0.838 bits per heavy atom. The van der Waals surface area contributed by atoms with Gasteiger partial charge in [0, 0.05) is 0 Å². The summed E-state index contributed by atoms with van der Waals surface area (Å²) in [6.45, 7) is 5.74. The Kier molecular flexibility index (Phi) is 10.7. The largest absolute Gasteiger partial charge is 0.423 e. The monoisotopic (exact) mass is 524 g/mol.